The molecule has 2 heteroatoms. The zero-order valence-corrected chi connectivity index (χ0v) is 13.7. The van der Waals surface area contributed by atoms with Crippen molar-refractivity contribution in [2.24, 2.45) is 0 Å². The first-order valence-corrected chi connectivity index (χ1v) is 8.27. The molecule has 1 aromatic heterocycles. The summed E-state index contributed by atoms with van der Waals surface area (Å²) in [4.78, 5) is 0. The summed E-state index contributed by atoms with van der Waals surface area (Å²) in [5, 5.41) is 13.1. The Morgan fingerprint density at radius 3 is 1.20 bits per heavy atom. The van der Waals surface area contributed by atoms with Crippen molar-refractivity contribution in [3.8, 4) is 33.6 Å². The van der Waals surface area contributed by atoms with Gasteiger partial charge in [0.2, 0.25) is 11.4 Å². The number of aromatic nitrogens is 1. The molecule has 0 radical (unpaired) electrons. The lowest BCUT2D eigenvalue weighted by atomic mass is 10.00. The van der Waals surface area contributed by atoms with Gasteiger partial charge < -0.3 is 5.21 Å². The maximum absolute atomic E-state index is 13.1. The lowest BCUT2D eigenvalue weighted by molar-refractivity contribution is -0.581. The summed E-state index contributed by atoms with van der Waals surface area (Å²) >= 11 is 0. The van der Waals surface area contributed by atoms with Gasteiger partial charge in [0.15, 0.2) is 0 Å². The van der Waals surface area contributed by atoms with E-state index in [-0.39, 0.29) is 0 Å². The minimum atomic E-state index is 0.654. The predicted octanol–water partition coefficient (Wildman–Crippen LogP) is 5.32. The molecule has 0 fully saturated rings. The number of hydrogen-bond donors (Lipinski definition) is 0. The minimum absolute atomic E-state index is 0.654. The van der Waals surface area contributed by atoms with E-state index in [4.69, 9.17) is 0 Å². The molecule has 0 aliphatic heterocycles. The van der Waals surface area contributed by atoms with Crippen LogP contribution >= 0.6 is 0 Å². The van der Waals surface area contributed by atoms with Crippen LogP contribution in [0.3, 0.4) is 0 Å². The molecule has 0 aliphatic carbocycles. The molecule has 4 rings (SSSR count). The molecule has 0 atom stereocenters. The quantitative estimate of drug-likeness (QED) is 0.370. The second-order valence-corrected chi connectivity index (χ2v) is 5.91. The van der Waals surface area contributed by atoms with Gasteiger partial charge in [-0.2, -0.15) is 4.73 Å². The molecular weight excluding hydrogens is 306 g/mol. The molecular formula is C23H17NO. The summed E-state index contributed by atoms with van der Waals surface area (Å²) in [6.45, 7) is 0. The first-order valence-electron chi connectivity index (χ1n) is 8.27. The molecule has 0 amide bonds. The Balaban J connectivity index is 1.98. The Bertz CT molecular complexity index is 920. The van der Waals surface area contributed by atoms with Crippen LogP contribution in [0.15, 0.2) is 103 Å². The van der Waals surface area contributed by atoms with Crippen LogP contribution in [0, 0.1) is 5.21 Å². The highest BCUT2D eigenvalue weighted by Crippen LogP contribution is 2.28. The van der Waals surface area contributed by atoms with E-state index < -0.39 is 0 Å². The maximum Gasteiger partial charge on any atom is 0.224 e. The molecule has 25 heavy (non-hydrogen) atoms. The summed E-state index contributed by atoms with van der Waals surface area (Å²) < 4.78 is 1.02. The van der Waals surface area contributed by atoms with Crippen LogP contribution in [0.5, 0.6) is 0 Å². The fraction of sp³-hybridized carbons (Fsp3) is 0. The zero-order chi connectivity index (χ0) is 17.1. The van der Waals surface area contributed by atoms with Crippen molar-refractivity contribution in [1.82, 2.24) is 0 Å². The van der Waals surface area contributed by atoms with Crippen molar-refractivity contribution in [3.05, 3.63) is 108 Å². The smallest absolute Gasteiger partial charge is 0.224 e. The summed E-state index contributed by atoms with van der Waals surface area (Å²) in [5.74, 6) is 0. The van der Waals surface area contributed by atoms with Gasteiger partial charge in [-0.3, -0.25) is 0 Å². The molecule has 0 N–H and O–H groups in total. The van der Waals surface area contributed by atoms with Gasteiger partial charge in [0.1, 0.15) is 0 Å². The fourth-order valence-corrected chi connectivity index (χ4v) is 3.00. The Morgan fingerprint density at radius 1 is 0.440 bits per heavy atom. The highest BCUT2D eigenvalue weighted by molar-refractivity contribution is 5.73. The summed E-state index contributed by atoms with van der Waals surface area (Å²) in [6.07, 6.45) is 0. The minimum Gasteiger partial charge on any atom is -0.618 e. The van der Waals surface area contributed by atoms with Gasteiger partial charge >= 0.3 is 0 Å². The van der Waals surface area contributed by atoms with Crippen molar-refractivity contribution in [2.75, 3.05) is 0 Å². The fourth-order valence-electron chi connectivity index (χ4n) is 3.00. The first-order chi connectivity index (χ1) is 12.3. The van der Waals surface area contributed by atoms with E-state index in [0.717, 1.165) is 27.0 Å². The van der Waals surface area contributed by atoms with E-state index in [1.807, 2.05) is 91.0 Å². The van der Waals surface area contributed by atoms with Crippen LogP contribution in [0.4, 0.5) is 0 Å². The standard InChI is InChI=1S/C23H17NO/c25-24-22(19-12-6-2-7-13-19)16-21(18-10-4-1-5-11-18)17-23(24)20-14-8-3-9-15-20/h1-17H. The highest BCUT2D eigenvalue weighted by Gasteiger charge is 2.18. The zero-order valence-electron chi connectivity index (χ0n) is 13.7. The van der Waals surface area contributed by atoms with Crippen molar-refractivity contribution in [3.63, 3.8) is 0 Å². The lowest BCUT2D eigenvalue weighted by Gasteiger charge is -2.12. The van der Waals surface area contributed by atoms with Crippen LogP contribution in [0.1, 0.15) is 0 Å². The van der Waals surface area contributed by atoms with Crippen LogP contribution in [0.2, 0.25) is 0 Å². The third-order valence-electron chi connectivity index (χ3n) is 4.27. The van der Waals surface area contributed by atoms with E-state index >= 15 is 0 Å². The molecule has 0 unspecified atom stereocenters. The molecule has 4 aromatic rings. The van der Waals surface area contributed by atoms with Crippen molar-refractivity contribution in [2.45, 2.75) is 0 Å². The van der Waals surface area contributed by atoms with E-state index in [9.17, 15) is 5.21 Å². The molecule has 0 spiro atoms. The van der Waals surface area contributed by atoms with Gasteiger partial charge in [-0.05, 0) is 35.4 Å². The molecule has 120 valence electrons. The van der Waals surface area contributed by atoms with Gasteiger partial charge in [0.05, 0.1) is 0 Å². The molecule has 0 saturated carbocycles. The topological polar surface area (TPSA) is 26.9 Å². The molecule has 0 saturated heterocycles. The highest BCUT2D eigenvalue weighted by atomic mass is 16.5. The molecule has 1 heterocycles. The van der Waals surface area contributed by atoms with E-state index in [0.29, 0.717) is 11.4 Å². The van der Waals surface area contributed by atoms with E-state index in [2.05, 4.69) is 12.1 Å². The Hall–Kier alpha value is -3.39. The van der Waals surface area contributed by atoms with E-state index in [1.165, 1.54) is 0 Å². The monoisotopic (exact) mass is 323 g/mol. The van der Waals surface area contributed by atoms with Crippen LogP contribution < -0.4 is 4.73 Å². The number of nitrogens with zero attached hydrogens (tertiary/aromatic N) is 1. The molecule has 0 aliphatic rings. The van der Waals surface area contributed by atoms with Crippen LogP contribution in [-0.2, 0) is 0 Å². The van der Waals surface area contributed by atoms with Crippen LogP contribution in [0.25, 0.3) is 33.6 Å². The number of benzene rings is 3. The average Bonchev–Trinajstić information content (AvgIpc) is 2.70. The third kappa shape index (κ3) is 3.02. The molecule has 0 bridgehead atoms. The predicted molar refractivity (Wildman–Crippen MR) is 102 cm³/mol. The van der Waals surface area contributed by atoms with Gasteiger partial charge in [-0.1, -0.05) is 66.7 Å². The van der Waals surface area contributed by atoms with Crippen molar-refractivity contribution < 1.29 is 4.73 Å². The third-order valence-corrected chi connectivity index (χ3v) is 4.27. The average molecular weight is 323 g/mol. The largest absolute Gasteiger partial charge is 0.618 e. The number of hydrogen-bond acceptors (Lipinski definition) is 1. The van der Waals surface area contributed by atoms with Gasteiger partial charge in [0.25, 0.3) is 0 Å². The summed E-state index contributed by atoms with van der Waals surface area (Å²) in [7, 11) is 0. The second-order valence-electron chi connectivity index (χ2n) is 5.91. The van der Waals surface area contributed by atoms with Crippen LogP contribution in [-0.4, -0.2) is 0 Å². The number of rotatable bonds is 3. The Morgan fingerprint density at radius 2 is 0.800 bits per heavy atom. The second kappa shape index (κ2) is 6.62. The molecule has 3 aromatic carbocycles. The van der Waals surface area contributed by atoms with Crippen molar-refractivity contribution in [1.29, 1.82) is 0 Å². The Labute approximate surface area is 147 Å². The van der Waals surface area contributed by atoms with E-state index in [1.54, 1.807) is 0 Å². The number of pyridine rings is 1. The lowest BCUT2D eigenvalue weighted by Crippen LogP contribution is -2.32. The van der Waals surface area contributed by atoms with Gasteiger partial charge in [-0.25, -0.2) is 0 Å². The SMILES string of the molecule is [O-][n+]1c(-c2ccccc2)cc(-c2ccccc2)cc1-c1ccccc1. The van der Waals surface area contributed by atoms with Gasteiger partial charge in [0, 0.05) is 23.3 Å². The van der Waals surface area contributed by atoms with Gasteiger partial charge in [-0.15, -0.1) is 0 Å². The Kier molecular flexibility index (Phi) is 4.01. The van der Waals surface area contributed by atoms with Crippen molar-refractivity contribution >= 4 is 0 Å². The first kappa shape index (κ1) is 15.2. The molecule has 2 nitrogen and oxygen atoms in total. The summed E-state index contributed by atoms with van der Waals surface area (Å²) in [6, 6.07) is 33.7. The summed E-state index contributed by atoms with van der Waals surface area (Å²) in [5.41, 5.74) is 5.25. The maximum atomic E-state index is 13.1. The normalized spacial score (nSPS) is 10.6.